The molecule has 0 atom stereocenters. The molecule has 0 aliphatic carbocycles. The summed E-state index contributed by atoms with van der Waals surface area (Å²) in [6, 6.07) is 13.3. The van der Waals surface area contributed by atoms with Crippen LogP contribution in [0.25, 0.3) is 22.4 Å². The molecule has 3 rings (SSSR count). The Morgan fingerprint density at radius 1 is 1.08 bits per heavy atom. The van der Waals surface area contributed by atoms with Gasteiger partial charge in [-0.25, -0.2) is 4.39 Å². The molecule has 0 spiro atoms. The van der Waals surface area contributed by atoms with Crippen molar-refractivity contribution in [3.8, 4) is 22.4 Å². The highest BCUT2D eigenvalue weighted by Crippen LogP contribution is 2.33. The number of aromatic nitrogens is 1. The Labute approximate surface area is 141 Å². The second kappa shape index (κ2) is 6.48. The van der Waals surface area contributed by atoms with Crippen molar-refractivity contribution in [3.05, 3.63) is 82.3 Å². The summed E-state index contributed by atoms with van der Waals surface area (Å²) in [5.41, 5.74) is 6.23. The van der Waals surface area contributed by atoms with Gasteiger partial charge < -0.3 is 5.73 Å². The summed E-state index contributed by atoms with van der Waals surface area (Å²) in [5.74, 6) is -1.21. The van der Waals surface area contributed by atoms with Crippen LogP contribution in [0, 0.1) is 15.9 Å². The summed E-state index contributed by atoms with van der Waals surface area (Å²) in [5, 5.41) is 11.3. The molecule has 25 heavy (non-hydrogen) atoms. The zero-order valence-corrected chi connectivity index (χ0v) is 12.8. The molecule has 0 fully saturated rings. The third-order valence-corrected chi connectivity index (χ3v) is 3.71. The first-order valence-corrected chi connectivity index (χ1v) is 7.27. The molecule has 124 valence electrons. The average molecular weight is 337 g/mol. The number of nitrogens with zero attached hydrogens (tertiary/aromatic N) is 2. The highest BCUT2D eigenvalue weighted by Gasteiger charge is 2.22. The van der Waals surface area contributed by atoms with Crippen LogP contribution in [0.3, 0.4) is 0 Å². The molecule has 0 radical (unpaired) electrons. The maximum absolute atomic E-state index is 13.8. The average Bonchev–Trinajstić information content (AvgIpc) is 2.61. The van der Waals surface area contributed by atoms with E-state index >= 15 is 0 Å². The number of carbonyl (C=O) groups is 1. The molecule has 1 aromatic heterocycles. The minimum Gasteiger partial charge on any atom is -0.366 e. The Morgan fingerprint density at radius 3 is 2.44 bits per heavy atom. The van der Waals surface area contributed by atoms with Gasteiger partial charge in [-0.1, -0.05) is 24.3 Å². The summed E-state index contributed by atoms with van der Waals surface area (Å²) in [7, 11) is 0. The Kier molecular flexibility index (Phi) is 4.21. The molecule has 0 bridgehead atoms. The highest BCUT2D eigenvalue weighted by atomic mass is 19.1. The van der Waals surface area contributed by atoms with Crippen molar-refractivity contribution in [1.82, 2.24) is 4.98 Å². The molecule has 1 heterocycles. The number of halogens is 1. The van der Waals surface area contributed by atoms with Crippen LogP contribution in [-0.4, -0.2) is 15.8 Å². The van der Waals surface area contributed by atoms with Gasteiger partial charge in [0, 0.05) is 23.4 Å². The molecular weight excluding hydrogens is 325 g/mol. The van der Waals surface area contributed by atoms with Crippen LogP contribution >= 0.6 is 0 Å². The maximum Gasteiger partial charge on any atom is 0.278 e. The predicted molar refractivity (Wildman–Crippen MR) is 90.2 cm³/mol. The van der Waals surface area contributed by atoms with Gasteiger partial charge in [-0.2, -0.15) is 0 Å². The molecule has 7 heteroatoms. The fraction of sp³-hybridized carbons (Fsp3) is 0. The molecule has 0 aliphatic heterocycles. The summed E-state index contributed by atoms with van der Waals surface area (Å²) in [6.07, 6.45) is 1.36. The van der Waals surface area contributed by atoms with Crippen LogP contribution in [0.2, 0.25) is 0 Å². The second-order valence-corrected chi connectivity index (χ2v) is 5.23. The minimum atomic E-state index is -0.781. The first-order chi connectivity index (χ1) is 12.0. The van der Waals surface area contributed by atoms with Crippen molar-refractivity contribution in [2.45, 2.75) is 0 Å². The van der Waals surface area contributed by atoms with Gasteiger partial charge in [0.1, 0.15) is 5.82 Å². The smallest absolute Gasteiger partial charge is 0.278 e. The first-order valence-electron chi connectivity index (χ1n) is 7.27. The Balaban J connectivity index is 2.14. The SMILES string of the molecule is NC(=O)c1cccc([N+](=O)[O-])c1-c1ccc(-c2ccccc2F)nc1. The number of rotatable bonds is 4. The van der Waals surface area contributed by atoms with Crippen LogP contribution < -0.4 is 5.73 Å². The van der Waals surface area contributed by atoms with E-state index in [1.807, 2.05) is 0 Å². The van der Waals surface area contributed by atoms with Gasteiger partial charge in [0.05, 0.1) is 21.7 Å². The van der Waals surface area contributed by atoms with Crippen molar-refractivity contribution in [2.75, 3.05) is 0 Å². The van der Waals surface area contributed by atoms with E-state index in [0.717, 1.165) is 0 Å². The van der Waals surface area contributed by atoms with Crippen LogP contribution in [0.4, 0.5) is 10.1 Å². The number of hydrogen-bond acceptors (Lipinski definition) is 4. The number of nitrogens with two attached hydrogens (primary N) is 1. The molecule has 0 saturated carbocycles. The Morgan fingerprint density at radius 2 is 1.84 bits per heavy atom. The van der Waals surface area contributed by atoms with Crippen molar-refractivity contribution in [3.63, 3.8) is 0 Å². The molecule has 2 aromatic carbocycles. The topological polar surface area (TPSA) is 99.1 Å². The summed E-state index contributed by atoms with van der Waals surface area (Å²) in [6.45, 7) is 0. The van der Waals surface area contributed by atoms with Gasteiger partial charge in [-0.3, -0.25) is 19.9 Å². The van der Waals surface area contributed by atoms with E-state index in [4.69, 9.17) is 5.73 Å². The molecular formula is C18H12FN3O3. The summed E-state index contributed by atoms with van der Waals surface area (Å²) >= 11 is 0. The number of hydrogen-bond donors (Lipinski definition) is 1. The lowest BCUT2D eigenvalue weighted by Gasteiger charge is -2.09. The van der Waals surface area contributed by atoms with Crippen molar-refractivity contribution >= 4 is 11.6 Å². The lowest BCUT2D eigenvalue weighted by Crippen LogP contribution is -2.13. The zero-order valence-electron chi connectivity index (χ0n) is 12.8. The predicted octanol–water partition coefficient (Wildman–Crippen LogP) is 3.56. The van der Waals surface area contributed by atoms with Crippen molar-refractivity contribution < 1.29 is 14.1 Å². The number of nitro benzene ring substituents is 1. The molecule has 0 aliphatic rings. The maximum atomic E-state index is 13.8. The van der Waals surface area contributed by atoms with E-state index in [2.05, 4.69) is 4.98 Å². The quantitative estimate of drug-likeness (QED) is 0.581. The Hall–Kier alpha value is -3.61. The van der Waals surface area contributed by atoms with Gasteiger partial charge in [0.25, 0.3) is 5.69 Å². The molecule has 0 unspecified atom stereocenters. The van der Waals surface area contributed by atoms with Crippen LogP contribution in [0.1, 0.15) is 10.4 Å². The molecule has 3 aromatic rings. The van der Waals surface area contributed by atoms with E-state index in [-0.39, 0.29) is 16.8 Å². The number of pyridine rings is 1. The number of amides is 1. The normalized spacial score (nSPS) is 10.4. The fourth-order valence-electron chi connectivity index (χ4n) is 2.57. The van der Waals surface area contributed by atoms with Crippen molar-refractivity contribution in [2.24, 2.45) is 5.73 Å². The third-order valence-electron chi connectivity index (χ3n) is 3.71. The lowest BCUT2D eigenvalue weighted by atomic mass is 9.98. The summed E-state index contributed by atoms with van der Waals surface area (Å²) < 4.78 is 13.8. The Bertz CT molecular complexity index is 939. The second-order valence-electron chi connectivity index (χ2n) is 5.23. The number of nitro groups is 1. The van der Waals surface area contributed by atoms with Gasteiger partial charge in [0.15, 0.2) is 0 Å². The lowest BCUT2D eigenvalue weighted by molar-refractivity contribution is -0.384. The van der Waals surface area contributed by atoms with E-state index in [0.29, 0.717) is 16.8 Å². The van der Waals surface area contributed by atoms with Crippen LogP contribution in [0.15, 0.2) is 60.8 Å². The molecule has 1 amide bonds. The molecule has 6 nitrogen and oxygen atoms in total. The van der Waals surface area contributed by atoms with E-state index in [1.54, 1.807) is 24.3 Å². The monoisotopic (exact) mass is 337 g/mol. The summed E-state index contributed by atoms with van der Waals surface area (Å²) in [4.78, 5) is 26.5. The van der Waals surface area contributed by atoms with E-state index in [9.17, 15) is 19.3 Å². The number of carbonyl (C=O) groups excluding carboxylic acids is 1. The molecule has 2 N–H and O–H groups in total. The van der Waals surface area contributed by atoms with Crippen LogP contribution in [-0.2, 0) is 0 Å². The first kappa shape index (κ1) is 16.3. The van der Waals surface area contributed by atoms with E-state index in [1.165, 1.54) is 36.5 Å². The van der Waals surface area contributed by atoms with Gasteiger partial charge in [-0.15, -0.1) is 0 Å². The number of benzene rings is 2. The number of primary amides is 1. The molecule has 0 saturated heterocycles. The largest absolute Gasteiger partial charge is 0.366 e. The van der Waals surface area contributed by atoms with Gasteiger partial charge >= 0.3 is 0 Å². The third kappa shape index (κ3) is 3.07. The highest BCUT2D eigenvalue weighted by molar-refractivity contribution is 6.02. The zero-order chi connectivity index (χ0) is 18.0. The van der Waals surface area contributed by atoms with E-state index < -0.39 is 16.6 Å². The minimum absolute atomic E-state index is 0.0228. The standard InChI is InChI=1S/C18H12FN3O3/c19-14-6-2-1-4-12(14)15-9-8-11(10-21-15)17-13(18(20)23)5-3-7-16(17)22(24)25/h1-10H,(H2,20,23). The van der Waals surface area contributed by atoms with Crippen molar-refractivity contribution in [1.29, 1.82) is 0 Å². The van der Waals surface area contributed by atoms with Gasteiger partial charge in [-0.05, 0) is 24.3 Å². The fourth-order valence-corrected chi connectivity index (χ4v) is 2.57. The van der Waals surface area contributed by atoms with Crippen LogP contribution in [0.5, 0.6) is 0 Å². The van der Waals surface area contributed by atoms with Gasteiger partial charge in [0.2, 0.25) is 5.91 Å².